The van der Waals surface area contributed by atoms with E-state index in [1.807, 2.05) is 13.0 Å². The van der Waals surface area contributed by atoms with Gasteiger partial charge in [0, 0.05) is 24.7 Å². The van der Waals surface area contributed by atoms with E-state index >= 15 is 0 Å². The zero-order valence-electron chi connectivity index (χ0n) is 27.8. The van der Waals surface area contributed by atoms with Crippen LogP contribution in [0.15, 0.2) is 47.6 Å². The summed E-state index contributed by atoms with van der Waals surface area (Å²) in [5.41, 5.74) is -0.747. The maximum atomic E-state index is 11.0. The van der Waals surface area contributed by atoms with Gasteiger partial charge in [0.15, 0.2) is 0 Å². The Labute approximate surface area is 202 Å². The molecular weight excluding hydrogens is 384 g/mol. The van der Waals surface area contributed by atoms with Crippen molar-refractivity contribution in [2.24, 2.45) is 29.1 Å². The first-order chi connectivity index (χ1) is 18.1. The number of aliphatic hydroxyl groups excluding tert-OH is 2. The standard InChI is InChI=1S/C28H44O3/c1-18(9-10-19(2)27(4,5)31)24-13-14-25-21(8-7-15-28(24,25)6)11-12-22-16-23(29)17-26(30)20(22)3/h9-12,18-19,23-26,29-31H,3,7-8,13-17H2,1-2,4-6H3/b10-9+,21-11-,22-12+/t18?,19-,23+,24?,25-,26-,28+/m0/s1/i2D3,4D3,5D3. The molecule has 31 heavy (non-hydrogen) atoms. The van der Waals surface area contributed by atoms with Crippen LogP contribution in [0.4, 0.5) is 0 Å². The second-order valence-electron chi connectivity index (χ2n) is 10.2. The van der Waals surface area contributed by atoms with Crippen molar-refractivity contribution in [1.82, 2.24) is 0 Å². The lowest BCUT2D eigenvalue weighted by molar-refractivity contribution is 0.0436. The maximum Gasteiger partial charge on any atom is 0.0811 e. The molecule has 7 atom stereocenters. The fraction of sp³-hybridized carbons (Fsp3) is 0.714. The molecule has 0 saturated heterocycles. The van der Waals surface area contributed by atoms with Gasteiger partial charge in [-0.3, -0.25) is 0 Å². The predicted molar refractivity (Wildman–Crippen MR) is 128 cm³/mol. The summed E-state index contributed by atoms with van der Waals surface area (Å²) < 4.78 is 70.1. The topological polar surface area (TPSA) is 60.7 Å². The van der Waals surface area contributed by atoms with E-state index in [2.05, 4.69) is 19.6 Å². The highest BCUT2D eigenvalue weighted by Crippen LogP contribution is 2.59. The minimum absolute atomic E-state index is 0.102. The Morgan fingerprint density at radius 2 is 2.00 bits per heavy atom. The van der Waals surface area contributed by atoms with Gasteiger partial charge in [0.1, 0.15) is 0 Å². The number of allylic oxidation sites excluding steroid dienone is 4. The van der Waals surface area contributed by atoms with E-state index in [0.29, 0.717) is 18.4 Å². The molecule has 0 aromatic carbocycles. The van der Waals surface area contributed by atoms with Crippen molar-refractivity contribution in [1.29, 1.82) is 0 Å². The smallest absolute Gasteiger partial charge is 0.0811 e. The van der Waals surface area contributed by atoms with Gasteiger partial charge in [-0.05, 0) is 86.5 Å². The second kappa shape index (κ2) is 9.37. The number of rotatable bonds is 5. The average Bonchev–Trinajstić information content (AvgIpc) is 3.15. The van der Waals surface area contributed by atoms with Crippen LogP contribution >= 0.6 is 0 Å². The van der Waals surface area contributed by atoms with Gasteiger partial charge >= 0.3 is 0 Å². The summed E-state index contributed by atoms with van der Waals surface area (Å²) in [7, 11) is 0. The lowest BCUT2D eigenvalue weighted by atomic mass is 9.61. The Bertz CT molecular complexity index is 1020. The van der Waals surface area contributed by atoms with Gasteiger partial charge in [-0.15, -0.1) is 0 Å². The van der Waals surface area contributed by atoms with E-state index in [1.54, 1.807) is 6.08 Å². The highest BCUT2D eigenvalue weighted by molar-refractivity contribution is 5.38. The molecule has 3 rings (SSSR count). The third-order valence-corrected chi connectivity index (χ3v) is 7.99. The highest BCUT2D eigenvalue weighted by Gasteiger charge is 2.50. The van der Waals surface area contributed by atoms with Gasteiger partial charge in [0.05, 0.1) is 17.8 Å². The van der Waals surface area contributed by atoms with E-state index in [1.165, 1.54) is 5.57 Å². The first-order valence-electron chi connectivity index (χ1n) is 16.0. The molecule has 3 saturated carbocycles. The van der Waals surface area contributed by atoms with Crippen LogP contribution < -0.4 is 0 Å². The van der Waals surface area contributed by atoms with Crippen molar-refractivity contribution in [2.45, 2.75) is 97.2 Å². The van der Waals surface area contributed by atoms with E-state index in [-0.39, 0.29) is 23.2 Å². The summed E-state index contributed by atoms with van der Waals surface area (Å²) >= 11 is 0. The van der Waals surface area contributed by atoms with Gasteiger partial charge in [-0.2, -0.15) is 0 Å². The van der Waals surface area contributed by atoms with Gasteiger partial charge < -0.3 is 15.3 Å². The summed E-state index contributed by atoms with van der Waals surface area (Å²) in [6.45, 7) is -1.77. The number of hydrogen-bond donors (Lipinski definition) is 3. The minimum atomic E-state index is -3.44. The SMILES string of the molecule is [2H]C([2H])([2H])[C@@H](/C=C/C(C)C1CC[C@H]2/C(=C\C=C3/C[C@@H](O)C[C@H](O)C3=C)CCC[C@]12C)C(O)(C([2H])([2H])[2H])C([2H])([2H])[2H]. The third kappa shape index (κ3) is 5.26. The van der Waals surface area contributed by atoms with Crippen molar-refractivity contribution in [3.8, 4) is 0 Å². The van der Waals surface area contributed by atoms with Gasteiger partial charge in [-0.1, -0.05) is 57.2 Å². The van der Waals surface area contributed by atoms with Crippen LogP contribution in [0.1, 0.15) is 91.7 Å². The zero-order valence-corrected chi connectivity index (χ0v) is 18.8. The molecule has 3 aliphatic carbocycles. The van der Waals surface area contributed by atoms with Crippen molar-refractivity contribution in [3.05, 3.63) is 47.6 Å². The van der Waals surface area contributed by atoms with E-state index in [0.717, 1.165) is 43.8 Å². The Morgan fingerprint density at radius 3 is 2.71 bits per heavy atom. The molecule has 3 aliphatic rings. The van der Waals surface area contributed by atoms with Crippen LogP contribution in [0.2, 0.25) is 0 Å². The Kier molecular flexibility index (Phi) is 4.50. The van der Waals surface area contributed by atoms with E-state index < -0.39 is 44.3 Å². The molecule has 0 aliphatic heterocycles. The summed E-state index contributed by atoms with van der Waals surface area (Å²) in [6, 6.07) is 0. The molecule has 0 amide bonds. The molecule has 2 unspecified atom stereocenters. The maximum absolute atomic E-state index is 11.0. The lowest BCUT2D eigenvalue weighted by Crippen LogP contribution is -2.35. The second-order valence-corrected chi connectivity index (χ2v) is 10.2. The zero-order chi connectivity index (χ0) is 30.5. The minimum Gasteiger partial charge on any atom is -0.393 e. The first kappa shape index (κ1) is 14.9. The normalized spacial score (nSPS) is 44.8. The molecular formula is C28H44O3. The van der Waals surface area contributed by atoms with Crippen LogP contribution in [0, 0.1) is 29.1 Å². The molecule has 3 heteroatoms. The highest BCUT2D eigenvalue weighted by atomic mass is 16.3. The van der Waals surface area contributed by atoms with Crippen molar-refractivity contribution in [2.75, 3.05) is 0 Å². The number of fused-ring (bicyclic) bond motifs is 1. The van der Waals surface area contributed by atoms with Crippen molar-refractivity contribution in [3.63, 3.8) is 0 Å². The molecule has 0 radical (unpaired) electrons. The molecule has 0 aromatic rings. The molecule has 3 N–H and O–H groups in total. The summed E-state index contributed by atoms with van der Waals surface area (Å²) in [4.78, 5) is 0. The van der Waals surface area contributed by atoms with Crippen LogP contribution in [0.3, 0.4) is 0 Å². The summed E-state index contributed by atoms with van der Waals surface area (Å²) in [5, 5.41) is 31.2. The van der Waals surface area contributed by atoms with Crippen LogP contribution in [-0.2, 0) is 0 Å². The largest absolute Gasteiger partial charge is 0.393 e. The molecule has 3 fully saturated rings. The van der Waals surface area contributed by atoms with E-state index in [9.17, 15) is 15.3 Å². The molecule has 0 heterocycles. The monoisotopic (exact) mass is 437 g/mol. The van der Waals surface area contributed by atoms with Gasteiger partial charge in [0.2, 0.25) is 0 Å². The Hall–Kier alpha value is -1.16. The molecule has 0 bridgehead atoms. The average molecular weight is 438 g/mol. The fourth-order valence-electron chi connectivity index (χ4n) is 6.17. The van der Waals surface area contributed by atoms with Gasteiger partial charge in [-0.25, -0.2) is 0 Å². The fourth-order valence-corrected chi connectivity index (χ4v) is 6.17. The van der Waals surface area contributed by atoms with Crippen molar-refractivity contribution >= 4 is 0 Å². The molecule has 174 valence electrons. The van der Waals surface area contributed by atoms with Crippen molar-refractivity contribution < 1.29 is 27.7 Å². The molecule has 3 nitrogen and oxygen atoms in total. The summed E-state index contributed by atoms with van der Waals surface area (Å²) in [5.74, 6) is -1.86. The lowest BCUT2D eigenvalue weighted by Gasteiger charge is -2.44. The van der Waals surface area contributed by atoms with Crippen LogP contribution in [0.5, 0.6) is 0 Å². The third-order valence-electron chi connectivity index (χ3n) is 7.99. The quantitative estimate of drug-likeness (QED) is 0.482. The number of hydrogen-bond acceptors (Lipinski definition) is 3. The van der Waals surface area contributed by atoms with Crippen LogP contribution in [-0.4, -0.2) is 33.1 Å². The van der Waals surface area contributed by atoms with Crippen LogP contribution in [0.25, 0.3) is 0 Å². The molecule has 0 aromatic heterocycles. The summed E-state index contributed by atoms with van der Waals surface area (Å²) in [6.07, 6.45) is 10.8. The Balaban J connectivity index is 1.88. The molecule has 0 spiro atoms. The first-order valence-corrected chi connectivity index (χ1v) is 11.5. The Morgan fingerprint density at radius 1 is 1.23 bits per heavy atom. The van der Waals surface area contributed by atoms with E-state index in [4.69, 9.17) is 12.3 Å². The predicted octanol–water partition coefficient (Wildman–Crippen LogP) is 5.73. The number of aliphatic hydroxyl groups is 3. The van der Waals surface area contributed by atoms with Gasteiger partial charge in [0.25, 0.3) is 0 Å².